The summed E-state index contributed by atoms with van der Waals surface area (Å²) in [4.78, 5) is 12.3. The number of carbonyl (C=O) groups is 1. The Bertz CT molecular complexity index is 979. The third-order valence-corrected chi connectivity index (χ3v) is 4.47. The van der Waals surface area contributed by atoms with Crippen molar-refractivity contribution < 1.29 is 4.79 Å². The number of aryl methyl sites for hydroxylation is 1. The second-order valence-electron chi connectivity index (χ2n) is 5.70. The van der Waals surface area contributed by atoms with Crippen LogP contribution >= 0.6 is 0 Å². The monoisotopic (exact) mass is 272 g/mol. The van der Waals surface area contributed by atoms with E-state index >= 15 is 0 Å². The summed E-state index contributed by atoms with van der Waals surface area (Å²) >= 11 is 0. The molecule has 102 valence electrons. The second-order valence-corrected chi connectivity index (χ2v) is 5.70. The van der Waals surface area contributed by atoms with Crippen LogP contribution in [0.2, 0.25) is 0 Å². The highest BCUT2D eigenvalue weighted by Crippen LogP contribution is 2.37. The van der Waals surface area contributed by atoms with E-state index in [4.69, 9.17) is 0 Å². The Balaban J connectivity index is 2.33. The van der Waals surface area contributed by atoms with Gasteiger partial charge >= 0.3 is 0 Å². The molecule has 0 atom stereocenters. The minimum absolute atomic E-state index is 0.219. The molecule has 0 aliphatic rings. The molecule has 0 amide bonds. The fourth-order valence-electron chi connectivity index (χ4n) is 3.43. The van der Waals surface area contributed by atoms with Gasteiger partial charge in [0, 0.05) is 12.0 Å². The molecule has 0 N–H and O–H groups in total. The standard InChI is InChI=1S/C20H16O/c1-3-18(21)17-11-12(2)15-9-7-13-5-4-6-14-8-10-16(17)20(15)19(13)14/h4-11H,3H2,1-2H3. The van der Waals surface area contributed by atoms with E-state index in [1.165, 1.54) is 32.5 Å². The van der Waals surface area contributed by atoms with Crippen molar-refractivity contribution in [2.75, 3.05) is 0 Å². The van der Waals surface area contributed by atoms with Crippen LogP contribution in [0.4, 0.5) is 0 Å². The van der Waals surface area contributed by atoms with Crippen LogP contribution in [0.1, 0.15) is 29.3 Å². The first kappa shape index (κ1) is 12.3. The van der Waals surface area contributed by atoms with Crippen molar-refractivity contribution in [1.82, 2.24) is 0 Å². The second kappa shape index (κ2) is 4.29. The van der Waals surface area contributed by atoms with Gasteiger partial charge in [-0.1, -0.05) is 49.4 Å². The molecule has 0 fully saturated rings. The minimum atomic E-state index is 0.219. The van der Waals surface area contributed by atoms with Crippen LogP contribution in [-0.2, 0) is 0 Å². The number of Topliss-reactive ketones (excluding diaryl/α,β-unsaturated/α-hetero) is 1. The van der Waals surface area contributed by atoms with Gasteiger partial charge in [-0.05, 0) is 50.9 Å². The highest BCUT2D eigenvalue weighted by atomic mass is 16.1. The Hall–Kier alpha value is -2.41. The molecule has 21 heavy (non-hydrogen) atoms. The first-order chi connectivity index (χ1) is 10.2. The number of hydrogen-bond acceptors (Lipinski definition) is 1. The molecule has 1 nitrogen and oxygen atoms in total. The van der Waals surface area contributed by atoms with Gasteiger partial charge < -0.3 is 0 Å². The van der Waals surface area contributed by atoms with Crippen molar-refractivity contribution in [3.63, 3.8) is 0 Å². The van der Waals surface area contributed by atoms with Crippen molar-refractivity contribution in [3.8, 4) is 0 Å². The Morgan fingerprint density at radius 2 is 1.57 bits per heavy atom. The maximum absolute atomic E-state index is 12.3. The smallest absolute Gasteiger partial charge is 0.163 e. The quantitative estimate of drug-likeness (QED) is 0.348. The molecule has 0 bridgehead atoms. The summed E-state index contributed by atoms with van der Waals surface area (Å²) in [6.45, 7) is 4.02. The van der Waals surface area contributed by atoms with Gasteiger partial charge in [0.25, 0.3) is 0 Å². The lowest BCUT2D eigenvalue weighted by Crippen LogP contribution is -2.00. The van der Waals surface area contributed by atoms with Gasteiger partial charge in [0.05, 0.1) is 0 Å². The Labute approximate surface area is 123 Å². The maximum atomic E-state index is 12.3. The van der Waals surface area contributed by atoms with Crippen molar-refractivity contribution in [2.24, 2.45) is 0 Å². The van der Waals surface area contributed by atoms with Crippen LogP contribution in [0.25, 0.3) is 32.3 Å². The maximum Gasteiger partial charge on any atom is 0.163 e. The molecular weight excluding hydrogens is 256 g/mol. The zero-order valence-electron chi connectivity index (χ0n) is 12.2. The molecule has 0 aliphatic heterocycles. The summed E-state index contributed by atoms with van der Waals surface area (Å²) in [5.41, 5.74) is 2.04. The molecule has 0 saturated carbocycles. The zero-order valence-corrected chi connectivity index (χ0v) is 12.2. The molecule has 4 aromatic rings. The normalized spacial score (nSPS) is 11.7. The van der Waals surface area contributed by atoms with Crippen molar-refractivity contribution in [1.29, 1.82) is 0 Å². The largest absolute Gasteiger partial charge is 0.294 e. The average molecular weight is 272 g/mol. The third kappa shape index (κ3) is 1.61. The molecule has 1 heteroatoms. The lowest BCUT2D eigenvalue weighted by Gasteiger charge is -2.15. The molecule has 0 aromatic heterocycles. The number of ketones is 1. The van der Waals surface area contributed by atoms with Crippen LogP contribution in [-0.4, -0.2) is 5.78 Å². The van der Waals surface area contributed by atoms with E-state index in [-0.39, 0.29) is 5.78 Å². The van der Waals surface area contributed by atoms with E-state index in [0.29, 0.717) is 6.42 Å². The van der Waals surface area contributed by atoms with Crippen molar-refractivity contribution >= 4 is 38.1 Å². The number of rotatable bonds is 2. The summed E-state index contributed by atoms with van der Waals surface area (Å²) in [6.07, 6.45) is 0.545. The minimum Gasteiger partial charge on any atom is -0.294 e. The van der Waals surface area contributed by atoms with E-state index < -0.39 is 0 Å². The lowest BCUT2D eigenvalue weighted by atomic mass is 9.88. The summed E-state index contributed by atoms with van der Waals surface area (Å²) in [5, 5.41) is 7.34. The molecule has 0 unspecified atom stereocenters. The Morgan fingerprint density at radius 1 is 0.905 bits per heavy atom. The van der Waals surface area contributed by atoms with Crippen LogP contribution in [0.3, 0.4) is 0 Å². The summed E-state index contributed by atoms with van der Waals surface area (Å²) in [6, 6.07) is 17.0. The first-order valence-corrected chi connectivity index (χ1v) is 7.41. The predicted octanol–water partition coefficient (Wildman–Crippen LogP) is 5.49. The van der Waals surface area contributed by atoms with Gasteiger partial charge in [-0.25, -0.2) is 0 Å². The number of hydrogen-bond donors (Lipinski definition) is 0. The average Bonchev–Trinajstić information content (AvgIpc) is 2.53. The van der Waals surface area contributed by atoms with Crippen LogP contribution in [0.15, 0.2) is 48.5 Å². The van der Waals surface area contributed by atoms with Gasteiger partial charge in [0.2, 0.25) is 0 Å². The van der Waals surface area contributed by atoms with E-state index in [0.717, 1.165) is 10.9 Å². The molecular formula is C20H16O. The van der Waals surface area contributed by atoms with Gasteiger partial charge in [-0.2, -0.15) is 0 Å². The summed E-state index contributed by atoms with van der Waals surface area (Å²) in [5.74, 6) is 0.219. The summed E-state index contributed by atoms with van der Waals surface area (Å²) in [7, 11) is 0. The van der Waals surface area contributed by atoms with Crippen molar-refractivity contribution in [3.05, 3.63) is 59.7 Å². The predicted molar refractivity (Wildman–Crippen MR) is 89.5 cm³/mol. The van der Waals surface area contributed by atoms with E-state index in [9.17, 15) is 4.79 Å². The Kier molecular flexibility index (Phi) is 2.52. The van der Waals surface area contributed by atoms with Crippen LogP contribution in [0.5, 0.6) is 0 Å². The number of benzene rings is 4. The fraction of sp³-hybridized carbons (Fsp3) is 0.150. The van der Waals surface area contributed by atoms with E-state index in [1.807, 2.05) is 13.0 Å². The first-order valence-electron chi connectivity index (χ1n) is 7.41. The highest BCUT2D eigenvalue weighted by Gasteiger charge is 2.15. The number of carbonyl (C=O) groups excluding carboxylic acids is 1. The van der Waals surface area contributed by atoms with Gasteiger partial charge in [-0.15, -0.1) is 0 Å². The zero-order chi connectivity index (χ0) is 14.6. The SMILES string of the molecule is CCC(=O)c1cc(C)c2ccc3cccc4ccc1c2c34. The van der Waals surface area contributed by atoms with E-state index in [1.54, 1.807) is 0 Å². The van der Waals surface area contributed by atoms with Crippen LogP contribution in [0, 0.1) is 6.92 Å². The summed E-state index contributed by atoms with van der Waals surface area (Å²) < 4.78 is 0. The molecule has 4 rings (SSSR count). The molecule has 4 aromatic carbocycles. The lowest BCUT2D eigenvalue weighted by molar-refractivity contribution is 0.0989. The van der Waals surface area contributed by atoms with Gasteiger partial charge in [-0.3, -0.25) is 4.79 Å². The van der Waals surface area contributed by atoms with Gasteiger partial charge in [0.15, 0.2) is 5.78 Å². The molecule has 0 aliphatic carbocycles. The molecule has 0 radical (unpaired) electrons. The molecule has 0 spiro atoms. The van der Waals surface area contributed by atoms with Gasteiger partial charge in [0.1, 0.15) is 0 Å². The highest BCUT2D eigenvalue weighted by molar-refractivity contribution is 6.27. The third-order valence-electron chi connectivity index (χ3n) is 4.47. The fourth-order valence-corrected chi connectivity index (χ4v) is 3.43. The van der Waals surface area contributed by atoms with Crippen LogP contribution < -0.4 is 0 Å². The Morgan fingerprint density at radius 3 is 2.24 bits per heavy atom. The molecule has 0 saturated heterocycles. The molecule has 0 heterocycles. The van der Waals surface area contributed by atoms with Crippen molar-refractivity contribution in [2.45, 2.75) is 20.3 Å². The topological polar surface area (TPSA) is 17.1 Å². The van der Waals surface area contributed by atoms with E-state index in [2.05, 4.69) is 49.4 Å².